The number of nitrogens with one attached hydrogen (secondary N) is 1. The third kappa shape index (κ3) is 4.20. The number of rotatable bonds is 5. The Morgan fingerprint density at radius 3 is 2.12 bits per heavy atom. The highest BCUT2D eigenvalue weighted by molar-refractivity contribution is 5.89. The summed E-state index contributed by atoms with van der Waals surface area (Å²) >= 11 is 0. The maximum Gasteiger partial charge on any atom is 0.247 e. The topological polar surface area (TPSA) is 35.6 Å². The van der Waals surface area contributed by atoms with Gasteiger partial charge >= 0.3 is 0 Å². The number of carbonyl (C=O) groups excluding carboxylic acids is 1. The Balaban J connectivity index is 1.71. The molecule has 0 radical (unpaired) electrons. The second-order valence-corrected chi connectivity index (χ2v) is 7.03. The SMILES string of the molecule is CN(C)C(=O)C1(Nc2ccccc2)CCN(Cc2ccccc2)CC1. The van der Waals surface area contributed by atoms with Gasteiger partial charge in [-0.3, -0.25) is 9.69 Å². The average Bonchev–Trinajstić information content (AvgIpc) is 2.64. The second-order valence-electron chi connectivity index (χ2n) is 7.03. The average molecular weight is 337 g/mol. The van der Waals surface area contributed by atoms with Crippen LogP contribution in [0.25, 0.3) is 0 Å². The highest BCUT2D eigenvalue weighted by Gasteiger charge is 2.42. The Morgan fingerprint density at radius 2 is 1.56 bits per heavy atom. The van der Waals surface area contributed by atoms with E-state index in [0.717, 1.165) is 38.2 Å². The third-order valence-corrected chi connectivity index (χ3v) is 4.93. The van der Waals surface area contributed by atoms with Gasteiger partial charge in [0.15, 0.2) is 0 Å². The first-order valence-electron chi connectivity index (χ1n) is 8.90. The number of anilines is 1. The number of carbonyl (C=O) groups is 1. The standard InChI is InChI=1S/C21H27N3O/c1-23(2)20(25)21(22-19-11-7-4-8-12-19)13-15-24(16-14-21)17-18-9-5-3-6-10-18/h3-12,22H,13-17H2,1-2H3. The molecule has 0 bridgehead atoms. The Morgan fingerprint density at radius 1 is 1.00 bits per heavy atom. The first-order chi connectivity index (χ1) is 12.1. The van der Waals surface area contributed by atoms with Crippen LogP contribution in [0.15, 0.2) is 60.7 Å². The molecule has 3 rings (SSSR count). The number of nitrogens with zero attached hydrogens (tertiary/aromatic N) is 2. The Bertz CT molecular complexity index is 677. The zero-order valence-corrected chi connectivity index (χ0v) is 15.1. The molecule has 1 aliphatic heterocycles. The fourth-order valence-corrected chi connectivity index (χ4v) is 3.55. The van der Waals surface area contributed by atoms with Gasteiger partial charge in [-0.25, -0.2) is 0 Å². The molecule has 0 aliphatic carbocycles. The molecule has 0 spiro atoms. The Hall–Kier alpha value is -2.33. The lowest BCUT2D eigenvalue weighted by molar-refractivity contribution is -0.135. The molecule has 1 heterocycles. The monoisotopic (exact) mass is 337 g/mol. The van der Waals surface area contributed by atoms with Gasteiger partial charge in [-0.15, -0.1) is 0 Å². The maximum atomic E-state index is 12.9. The molecular weight excluding hydrogens is 310 g/mol. The molecule has 2 aromatic carbocycles. The predicted octanol–water partition coefficient (Wildman–Crippen LogP) is 3.22. The predicted molar refractivity (Wildman–Crippen MR) is 102 cm³/mol. The van der Waals surface area contributed by atoms with Gasteiger partial charge in [0.05, 0.1) is 0 Å². The van der Waals surface area contributed by atoms with Crippen molar-refractivity contribution in [1.29, 1.82) is 0 Å². The number of para-hydroxylation sites is 1. The van der Waals surface area contributed by atoms with E-state index in [-0.39, 0.29) is 5.91 Å². The number of hydrogen-bond donors (Lipinski definition) is 1. The summed E-state index contributed by atoms with van der Waals surface area (Å²) in [6.45, 7) is 2.76. The molecule has 1 aliphatic rings. The molecule has 132 valence electrons. The fourth-order valence-electron chi connectivity index (χ4n) is 3.55. The van der Waals surface area contributed by atoms with Gasteiger partial charge in [-0.2, -0.15) is 0 Å². The van der Waals surface area contributed by atoms with Crippen LogP contribution in [-0.4, -0.2) is 48.4 Å². The Labute approximate surface area is 150 Å². The molecule has 1 fully saturated rings. The molecule has 0 unspecified atom stereocenters. The molecule has 25 heavy (non-hydrogen) atoms. The lowest BCUT2D eigenvalue weighted by atomic mass is 9.85. The van der Waals surface area contributed by atoms with E-state index < -0.39 is 5.54 Å². The highest BCUT2D eigenvalue weighted by Crippen LogP contribution is 2.29. The summed E-state index contributed by atoms with van der Waals surface area (Å²) in [5.74, 6) is 0.163. The second kappa shape index (κ2) is 7.70. The van der Waals surface area contributed by atoms with Gasteiger partial charge in [0.1, 0.15) is 5.54 Å². The molecule has 0 aromatic heterocycles. The zero-order valence-electron chi connectivity index (χ0n) is 15.1. The molecule has 2 aromatic rings. The van der Waals surface area contributed by atoms with E-state index in [2.05, 4.69) is 34.5 Å². The molecule has 1 N–H and O–H groups in total. The molecule has 4 heteroatoms. The van der Waals surface area contributed by atoms with E-state index in [0.29, 0.717) is 0 Å². The van der Waals surface area contributed by atoms with Crippen molar-refractivity contribution in [2.24, 2.45) is 0 Å². The van der Waals surface area contributed by atoms with Gasteiger partial charge in [-0.05, 0) is 30.5 Å². The molecular formula is C21H27N3O. The molecule has 0 saturated carbocycles. The van der Waals surface area contributed by atoms with Crippen LogP contribution in [0.5, 0.6) is 0 Å². The van der Waals surface area contributed by atoms with Crippen molar-refractivity contribution in [3.05, 3.63) is 66.2 Å². The summed E-state index contributed by atoms with van der Waals surface area (Å²) in [4.78, 5) is 17.1. The third-order valence-electron chi connectivity index (χ3n) is 4.93. The van der Waals surface area contributed by atoms with Crippen LogP contribution in [0.1, 0.15) is 18.4 Å². The summed E-state index contributed by atoms with van der Waals surface area (Å²) < 4.78 is 0. The summed E-state index contributed by atoms with van der Waals surface area (Å²) in [7, 11) is 3.68. The Kier molecular flexibility index (Phi) is 5.39. The minimum Gasteiger partial charge on any atom is -0.371 e. The molecule has 1 saturated heterocycles. The zero-order chi connectivity index (χ0) is 17.7. The van der Waals surface area contributed by atoms with E-state index in [1.165, 1.54) is 5.56 Å². The lowest BCUT2D eigenvalue weighted by Crippen LogP contribution is -2.57. The van der Waals surface area contributed by atoms with Crippen LogP contribution in [0.2, 0.25) is 0 Å². The summed E-state index contributed by atoms with van der Waals surface area (Å²) in [5.41, 5.74) is 1.82. The van der Waals surface area contributed by atoms with Gasteiger partial charge in [0.2, 0.25) is 5.91 Å². The minimum atomic E-state index is -0.516. The summed E-state index contributed by atoms with van der Waals surface area (Å²) in [6.07, 6.45) is 1.62. The van der Waals surface area contributed by atoms with Crippen LogP contribution < -0.4 is 5.32 Å². The van der Waals surface area contributed by atoms with Crippen molar-refractivity contribution in [2.45, 2.75) is 24.9 Å². The first-order valence-corrected chi connectivity index (χ1v) is 8.90. The normalized spacial score (nSPS) is 17.0. The maximum absolute atomic E-state index is 12.9. The number of benzene rings is 2. The number of piperidine rings is 1. The van der Waals surface area contributed by atoms with Crippen LogP contribution in [0.4, 0.5) is 5.69 Å². The number of amides is 1. The van der Waals surface area contributed by atoms with Gasteiger partial charge in [0, 0.05) is 39.4 Å². The molecule has 1 amide bonds. The van der Waals surface area contributed by atoms with Gasteiger partial charge < -0.3 is 10.2 Å². The number of hydrogen-bond acceptors (Lipinski definition) is 3. The smallest absolute Gasteiger partial charge is 0.247 e. The summed E-state index contributed by atoms with van der Waals surface area (Å²) in [6, 6.07) is 20.6. The number of likely N-dealkylation sites (tertiary alicyclic amines) is 1. The van der Waals surface area contributed by atoms with Crippen LogP contribution in [-0.2, 0) is 11.3 Å². The quantitative estimate of drug-likeness (QED) is 0.910. The van der Waals surface area contributed by atoms with Crippen molar-refractivity contribution >= 4 is 11.6 Å². The van der Waals surface area contributed by atoms with Crippen molar-refractivity contribution in [3.63, 3.8) is 0 Å². The molecule has 4 nitrogen and oxygen atoms in total. The van der Waals surface area contributed by atoms with Crippen LogP contribution in [0.3, 0.4) is 0 Å². The van der Waals surface area contributed by atoms with E-state index in [9.17, 15) is 4.79 Å². The molecule has 0 atom stereocenters. The van der Waals surface area contributed by atoms with E-state index in [4.69, 9.17) is 0 Å². The summed E-state index contributed by atoms with van der Waals surface area (Å²) in [5, 5.41) is 3.54. The van der Waals surface area contributed by atoms with Gasteiger partial charge in [0.25, 0.3) is 0 Å². The minimum absolute atomic E-state index is 0.163. The van der Waals surface area contributed by atoms with Crippen molar-refractivity contribution in [2.75, 3.05) is 32.5 Å². The van der Waals surface area contributed by atoms with Crippen LogP contribution in [0, 0.1) is 0 Å². The van der Waals surface area contributed by atoms with E-state index in [1.807, 2.05) is 50.5 Å². The first kappa shape index (κ1) is 17.5. The van der Waals surface area contributed by atoms with Gasteiger partial charge in [-0.1, -0.05) is 48.5 Å². The van der Waals surface area contributed by atoms with Crippen molar-refractivity contribution in [3.8, 4) is 0 Å². The van der Waals surface area contributed by atoms with E-state index in [1.54, 1.807) is 4.90 Å². The van der Waals surface area contributed by atoms with E-state index >= 15 is 0 Å². The largest absolute Gasteiger partial charge is 0.371 e. The fraction of sp³-hybridized carbons (Fsp3) is 0.381. The lowest BCUT2D eigenvalue weighted by Gasteiger charge is -2.43. The highest BCUT2D eigenvalue weighted by atomic mass is 16.2. The van der Waals surface area contributed by atoms with Crippen molar-refractivity contribution < 1.29 is 4.79 Å². The van der Waals surface area contributed by atoms with Crippen molar-refractivity contribution in [1.82, 2.24) is 9.80 Å². The number of likely N-dealkylation sites (N-methyl/N-ethyl adjacent to an activating group) is 1. The van der Waals surface area contributed by atoms with Crippen LogP contribution >= 0.6 is 0 Å².